The number of aromatic nitrogens is 6. The molecular weight excluding hydrogens is 460 g/mol. The highest BCUT2D eigenvalue weighted by molar-refractivity contribution is 5.67. The van der Waals surface area contributed by atoms with Crippen LogP contribution >= 0.6 is 0 Å². The third kappa shape index (κ3) is 5.06. The molecule has 0 fully saturated rings. The molecule has 0 spiro atoms. The summed E-state index contributed by atoms with van der Waals surface area (Å²) >= 11 is 0. The Morgan fingerprint density at radius 2 is 0.649 bits per heavy atom. The van der Waals surface area contributed by atoms with Gasteiger partial charge in [-0.1, -0.05) is 24.3 Å². The molecule has 0 bridgehead atoms. The monoisotopic (exact) mass is 480 g/mol. The van der Waals surface area contributed by atoms with Gasteiger partial charge in [-0.2, -0.15) is 0 Å². The lowest BCUT2D eigenvalue weighted by Crippen LogP contribution is -1.96. The highest BCUT2D eigenvalue weighted by atomic mass is 16.5. The van der Waals surface area contributed by atoms with Crippen molar-refractivity contribution in [2.75, 3.05) is 0 Å². The van der Waals surface area contributed by atoms with E-state index in [4.69, 9.17) is 14.7 Å². The Morgan fingerprint density at radius 3 is 0.892 bits per heavy atom. The van der Waals surface area contributed by atoms with Gasteiger partial charge in [-0.15, -0.1) is 0 Å². The Kier molecular flexibility index (Phi) is 6.07. The van der Waals surface area contributed by atoms with Gasteiger partial charge in [0.25, 0.3) is 0 Å². The van der Waals surface area contributed by atoms with Crippen LogP contribution < -0.4 is 4.74 Å². The zero-order valence-corrected chi connectivity index (χ0v) is 19.6. The second-order valence-electron chi connectivity index (χ2n) is 8.11. The molecule has 176 valence electrons. The van der Waals surface area contributed by atoms with E-state index in [1.807, 2.05) is 97.1 Å². The molecule has 0 atom stereocenters. The van der Waals surface area contributed by atoms with Crippen molar-refractivity contribution in [1.82, 2.24) is 29.9 Å². The van der Waals surface area contributed by atoms with Crippen LogP contribution in [0.5, 0.6) is 11.5 Å². The maximum atomic E-state index is 6.44. The van der Waals surface area contributed by atoms with E-state index in [1.54, 1.807) is 24.8 Å². The average Bonchev–Trinajstić information content (AvgIpc) is 2.99. The van der Waals surface area contributed by atoms with Crippen molar-refractivity contribution in [3.63, 3.8) is 0 Å². The zero-order valence-electron chi connectivity index (χ0n) is 19.6. The van der Waals surface area contributed by atoms with Crippen molar-refractivity contribution in [3.05, 3.63) is 122 Å². The summed E-state index contributed by atoms with van der Waals surface area (Å²) in [5, 5.41) is 0. The Hall–Kier alpha value is -5.30. The molecule has 0 aliphatic heterocycles. The molecule has 0 saturated carbocycles. The summed E-state index contributed by atoms with van der Waals surface area (Å²) in [5.41, 5.74) is 5.69. The van der Waals surface area contributed by atoms with Crippen LogP contribution in [0, 0.1) is 0 Å². The van der Waals surface area contributed by atoms with E-state index in [0.29, 0.717) is 34.3 Å². The van der Waals surface area contributed by atoms with Crippen LogP contribution in [0.1, 0.15) is 0 Å². The van der Waals surface area contributed by atoms with Gasteiger partial charge in [0.2, 0.25) is 0 Å². The van der Waals surface area contributed by atoms with Crippen LogP contribution in [-0.4, -0.2) is 29.9 Å². The Morgan fingerprint density at radius 1 is 0.351 bits per heavy atom. The van der Waals surface area contributed by atoms with Crippen molar-refractivity contribution in [2.24, 2.45) is 0 Å². The van der Waals surface area contributed by atoms with E-state index in [1.165, 1.54) is 0 Å². The Bertz CT molecular complexity index is 1390. The van der Waals surface area contributed by atoms with Gasteiger partial charge in [0, 0.05) is 49.1 Å². The lowest BCUT2D eigenvalue weighted by molar-refractivity contribution is 0.482. The first-order valence-corrected chi connectivity index (χ1v) is 11.7. The van der Waals surface area contributed by atoms with Crippen LogP contribution in [0.25, 0.3) is 45.6 Å². The van der Waals surface area contributed by atoms with Gasteiger partial charge in [0.1, 0.15) is 11.5 Å². The van der Waals surface area contributed by atoms with E-state index in [2.05, 4.69) is 19.9 Å². The van der Waals surface area contributed by atoms with Crippen LogP contribution in [0.3, 0.4) is 0 Å². The number of pyridine rings is 6. The first kappa shape index (κ1) is 22.2. The van der Waals surface area contributed by atoms with E-state index >= 15 is 0 Å². The second kappa shape index (κ2) is 10.1. The summed E-state index contributed by atoms with van der Waals surface area (Å²) in [5.74, 6) is 1.20. The van der Waals surface area contributed by atoms with E-state index in [9.17, 15) is 0 Å². The number of nitrogens with zero attached hydrogens (tertiary/aromatic N) is 6. The third-order valence-electron chi connectivity index (χ3n) is 5.54. The molecule has 6 aromatic rings. The summed E-state index contributed by atoms with van der Waals surface area (Å²) in [6, 6.07) is 30.4. The quantitative estimate of drug-likeness (QED) is 0.268. The zero-order chi connectivity index (χ0) is 24.9. The Balaban J connectivity index is 1.46. The van der Waals surface area contributed by atoms with E-state index in [0.717, 1.165) is 22.8 Å². The van der Waals surface area contributed by atoms with Gasteiger partial charge in [-0.25, -0.2) is 9.97 Å². The largest absolute Gasteiger partial charge is 0.457 e. The van der Waals surface area contributed by atoms with Crippen molar-refractivity contribution < 1.29 is 4.74 Å². The van der Waals surface area contributed by atoms with Gasteiger partial charge in [0.05, 0.1) is 45.6 Å². The molecule has 7 nitrogen and oxygen atoms in total. The molecule has 0 radical (unpaired) electrons. The van der Waals surface area contributed by atoms with Crippen LogP contribution in [0.15, 0.2) is 122 Å². The van der Waals surface area contributed by atoms with Gasteiger partial charge in [0.15, 0.2) is 0 Å². The first-order chi connectivity index (χ1) is 18.3. The molecule has 37 heavy (non-hydrogen) atoms. The summed E-state index contributed by atoms with van der Waals surface area (Å²) in [6.45, 7) is 0. The van der Waals surface area contributed by atoms with Crippen LogP contribution in [0.2, 0.25) is 0 Å². The molecule has 6 aromatic heterocycles. The predicted octanol–water partition coefficient (Wildman–Crippen LogP) is 6.52. The molecule has 0 saturated heterocycles. The molecule has 0 aliphatic carbocycles. The van der Waals surface area contributed by atoms with Crippen molar-refractivity contribution in [3.8, 4) is 57.1 Å². The van der Waals surface area contributed by atoms with E-state index < -0.39 is 0 Å². The second-order valence-corrected chi connectivity index (χ2v) is 8.11. The minimum atomic E-state index is 0.599. The smallest absolute Gasteiger partial charge is 0.131 e. The van der Waals surface area contributed by atoms with Gasteiger partial charge < -0.3 is 4.74 Å². The summed E-state index contributed by atoms with van der Waals surface area (Å²) in [4.78, 5) is 27.5. The maximum Gasteiger partial charge on any atom is 0.131 e. The molecule has 6 heterocycles. The summed E-state index contributed by atoms with van der Waals surface area (Å²) in [7, 11) is 0. The number of rotatable bonds is 6. The van der Waals surface area contributed by atoms with Crippen molar-refractivity contribution in [2.45, 2.75) is 0 Å². The number of hydrogen-bond donors (Lipinski definition) is 0. The standard InChI is InChI=1S/C30H20N6O/c1-5-13-31-23(9-1)27-17-21(18-28(35-27)24-10-2-6-14-32-24)37-22-19-29(25-11-3-7-15-33-25)36-30(20-22)26-12-4-8-16-34-26/h1-20H. The first-order valence-electron chi connectivity index (χ1n) is 11.7. The molecule has 0 unspecified atom stereocenters. The number of ether oxygens (including phenoxy) is 1. The van der Waals surface area contributed by atoms with E-state index in [-0.39, 0.29) is 0 Å². The van der Waals surface area contributed by atoms with Crippen LogP contribution in [-0.2, 0) is 0 Å². The molecule has 6 rings (SSSR count). The minimum absolute atomic E-state index is 0.599. The normalized spacial score (nSPS) is 10.7. The fourth-order valence-electron chi connectivity index (χ4n) is 3.85. The third-order valence-corrected chi connectivity index (χ3v) is 5.54. The lowest BCUT2D eigenvalue weighted by atomic mass is 10.1. The minimum Gasteiger partial charge on any atom is -0.457 e. The highest BCUT2D eigenvalue weighted by Crippen LogP contribution is 2.33. The number of hydrogen-bond acceptors (Lipinski definition) is 7. The molecular formula is C30H20N6O. The van der Waals surface area contributed by atoms with Gasteiger partial charge in [-0.05, 0) is 48.5 Å². The molecule has 0 amide bonds. The van der Waals surface area contributed by atoms with Crippen LogP contribution in [0.4, 0.5) is 0 Å². The summed E-state index contributed by atoms with van der Waals surface area (Å²) < 4.78 is 6.44. The van der Waals surface area contributed by atoms with Crippen molar-refractivity contribution in [1.29, 1.82) is 0 Å². The highest BCUT2D eigenvalue weighted by Gasteiger charge is 2.13. The molecule has 0 N–H and O–H groups in total. The topological polar surface area (TPSA) is 86.6 Å². The fourth-order valence-corrected chi connectivity index (χ4v) is 3.85. The fraction of sp³-hybridized carbons (Fsp3) is 0. The maximum absolute atomic E-state index is 6.44. The Labute approximate surface area is 213 Å². The molecule has 0 aliphatic rings. The van der Waals surface area contributed by atoms with Crippen molar-refractivity contribution >= 4 is 0 Å². The van der Waals surface area contributed by atoms with Gasteiger partial charge >= 0.3 is 0 Å². The molecule has 7 heteroatoms. The van der Waals surface area contributed by atoms with Gasteiger partial charge in [-0.3, -0.25) is 19.9 Å². The SMILES string of the molecule is c1ccc(-c2cc(Oc3cc(-c4ccccn4)nc(-c4ccccn4)c3)cc(-c3ccccn3)n2)nc1. The predicted molar refractivity (Wildman–Crippen MR) is 141 cm³/mol. The summed E-state index contributed by atoms with van der Waals surface area (Å²) in [6.07, 6.45) is 6.97. The molecule has 0 aromatic carbocycles. The average molecular weight is 481 g/mol. The lowest BCUT2D eigenvalue weighted by Gasteiger charge is -2.12.